The van der Waals surface area contributed by atoms with Crippen LogP contribution in [0.3, 0.4) is 0 Å². The molecule has 0 fully saturated rings. The lowest BCUT2D eigenvalue weighted by Crippen LogP contribution is -2.25. The second-order valence-electron chi connectivity index (χ2n) is 5.83. The van der Waals surface area contributed by atoms with E-state index in [0.29, 0.717) is 17.2 Å². The van der Waals surface area contributed by atoms with Crippen molar-refractivity contribution in [1.82, 2.24) is 5.43 Å². The van der Waals surface area contributed by atoms with Gasteiger partial charge in [-0.15, -0.1) is 0 Å². The minimum atomic E-state index is -0.357. The first kappa shape index (κ1) is 17.7. The number of amides is 1. The van der Waals surface area contributed by atoms with E-state index in [1.807, 2.05) is 25.1 Å². The van der Waals surface area contributed by atoms with Crippen LogP contribution in [0.5, 0.6) is 5.75 Å². The molecule has 0 aliphatic rings. The van der Waals surface area contributed by atoms with Crippen LogP contribution < -0.4 is 10.2 Å². The largest absolute Gasteiger partial charge is 0.483 e. The molecule has 24 heavy (non-hydrogen) atoms. The summed E-state index contributed by atoms with van der Waals surface area (Å²) in [5.74, 6) is 0.344. The Labute approximate surface area is 141 Å². The third-order valence-electron chi connectivity index (χ3n) is 3.42. The summed E-state index contributed by atoms with van der Waals surface area (Å²) >= 11 is 0. The molecule has 0 saturated carbocycles. The molecule has 2 aromatic carbocycles. The van der Waals surface area contributed by atoms with Crippen molar-refractivity contribution >= 4 is 12.1 Å². The third kappa shape index (κ3) is 5.19. The second-order valence-corrected chi connectivity index (χ2v) is 5.83. The molecule has 1 N–H and O–H groups in total. The molecule has 126 valence electrons. The number of hydrogen-bond acceptors (Lipinski definition) is 3. The molecule has 0 heterocycles. The van der Waals surface area contributed by atoms with Crippen molar-refractivity contribution in [1.29, 1.82) is 0 Å². The Hall–Kier alpha value is -2.69. The molecular weight excluding hydrogens is 307 g/mol. The van der Waals surface area contributed by atoms with Crippen molar-refractivity contribution in [2.45, 2.75) is 26.7 Å². The Morgan fingerprint density at radius 1 is 1.25 bits per heavy atom. The predicted octanol–water partition coefficient (Wildman–Crippen LogP) is 3.79. The molecule has 4 nitrogen and oxygen atoms in total. The number of nitrogens with one attached hydrogen (secondary N) is 1. The molecule has 0 aliphatic heterocycles. The SMILES string of the molecule is Cc1ccc(C(C)C)c(OCC(=O)N/N=C/c2ccc(F)cc2)c1. The van der Waals surface area contributed by atoms with E-state index in [4.69, 9.17) is 4.74 Å². The van der Waals surface area contributed by atoms with Gasteiger partial charge in [-0.05, 0) is 47.7 Å². The Morgan fingerprint density at radius 3 is 2.62 bits per heavy atom. The Bertz CT molecular complexity index is 725. The van der Waals surface area contributed by atoms with Crippen LogP contribution >= 0.6 is 0 Å². The molecule has 0 spiro atoms. The van der Waals surface area contributed by atoms with Gasteiger partial charge in [0.15, 0.2) is 6.61 Å². The van der Waals surface area contributed by atoms with E-state index in [2.05, 4.69) is 24.4 Å². The van der Waals surface area contributed by atoms with E-state index in [9.17, 15) is 9.18 Å². The van der Waals surface area contributed by atoms with Crippen molar-refractivity contribution in [2.75, 3.05) is 6.61 Å². The molecule has 0 bridgehead atoms. The van der Waals surface area contributed by atoms with Crippen LogP contribution in [0.2, 0.25) is 0 Å². The minimum Gasteiger partial charge on any atom is -0.483 e. The van der Waals surface area contributed by atoms with E-state index in [1.54, 1.807) is 12.1 Å². The highest BCUT2D eigenvalue weighted by molar-refractivity contribution is 5.82. The molecular formula is C19H21FN2O2. The summed E-state index contributed by atoms with van der Waals surface area (Å²) in [5.41, 5.74) is 5.22. The number of nitrogens with zero attached hydrogens (tertiary/aromatic N) is 1. The molecule has 0 unspecified atom stereocenters. The first-order chi connectivity index (χ1) is 11.5. The molecule has 2 aromatic rings. The topological polar surface area (TPSA) is 50.7 Å². The second kappa shape index (κ2) is 8.24. The lowest BCUT2D eigenvalue weighted by Gasteiger charge is -2.14. The summed E-state index contributed by atoms with van der Waals surface area (Å²) in [5, 5.41) is 3.83. The van der Waals surface area contributed by atoms with Gasteiger partial charge in [0, 0.05) is 0 Å². The van der Waals surface area contributed by atoms with Gasteiger partial charge in [0.05, 0.1) is 6.21 Å². The van der Waals surface area contributed by atoms with Gasteiger partial charge in [0.25, 0.3) is 5.91 Å². The van der Waals surface area contributed by atoms with Crippen molar-refractivity contribution in [3.05, 3.63) is 65.0 Å². The summed E-state index contributed by atoms with van der Waals surface area (Å²) in [6, 6.07) is 11.8. The number of hydrazone groups is 1. The summed E-state index contributed by atoms with van der Waals surface area (Å²) in [6.45, 7) is 6.00. The molecule has 5 heteroatoms. The predicted molar refractivity (Wildman–Crippen MR) is 92.9 cm³/mol. The number of ether oxygens (including phenoxy) is 1. The standard InChI is InChI=1S/C19H21FN2O2/c1-13(2)17-9-4-14(3)10-18(17)24-12-19(23)22-21-11-15-5-7-16(20)8-6-15/h4-11,13H,12H2,1-3H3,(H,22,23)/b21-11+. The van der Waals surface area contributed by atoms with Crippen LogP contribution in [0.25, 0.3) is 0 Å². The normalized spacial score (nSPS) is 11.0. The van der Waals surface area contributed by atoms with Gasteiger partial charge < -0.3 is 4.74 Å². The van der Waals surface area contributed by atoms with Crippen LogP contribution in [0, 0.1) is 12.7 Å². The monoisotopic (exact) mass is 328 g/mol. The Kier molecular flexibility index (Phi) is 6.07. The fraction of sp³-hybridized carbons (Fsp3) is 0.263. The number of benzene rings is 2. The zero-order chi connectivity index (χ0) is 17.5. The van der Waals surface area contributed by atoms with Crippen molar-refractivity contribution in [2.24, 2.45) is 5.10 Å². The summed E-state index contributed by atoms with van der Waals surface area (Å²) in [4.78, 5) is 11.8. The highest BCUT2D eigenvalue weighted by atomic mass is 19.1. The van der Waals surface area contributed by atoms with Crippen molar-refractivity contribution in [3.8, 4) is 5.75 Å². The smallest absolute Gasteiger partial charge is 0.277 e. The van der Waals surface area contributed by atoms with Gasteiger partial charge in [0.1, 0.15) is 11.6 Å². The van der Waals surface area contributed by atoms with E-state index in [1.165, 1.54) is 18.3 Å². The van der Waals surface area contributed by atoms with Gasteiger partial charge >= 0.3 is 0 Å². The van der Waals surface area contributed by atoms with Gasteiger partial charge in [-0.2, -0.15) is 5.10 Å². The first-order valence-electron chi connectivity index (χ1n) is 7.76. The van der Waals surface area contributed by atoms with Crippen LogP contribution in [0.1, 0.15) is 36.5 Å². The van der Waals surface area contributed by atoms with Gasteiger partial charge in [-0.25, -0.2) is 9.82 Å². The number of hydrogen-bond donors (Lipinski definition) is 1. The van der Waals surface area contributed by atoms with Crippen LogP contribution in [0.4, 0.5) is 4.39 Å². The maximum absolute atomic E-state index is 12.8. The van der Waals surface area contributed by atoms with E-state index in [-0.39, 0.29) is 18.3 Å². The van der Waals surface area contributed by atoms with Crippen LogP contribution in [-0.2, 0) is 4.79 Å². The molecule has 0 saturated heterocycles. The van der Waals surface area contributed by atoms with Crippen LogP contribution in [0.15, 0.2) is 47.6 Å². The highest BCUT2D eigenvalue weighted by Gasteiger charge is 2.09. The fourth-order valence-corrected chi connectivity index (χ4v) is 2.15. The van der Waals surface area contributed by atoms with Gasteiger partial charge in [-0.3, -0.25) is 4.79 Å². The van der Waals surface area contributed by atoms with Crippen molar-refractivity contribution < 1.29 is 13.9 Å². The zero-order valence-electron chi connectivity index (χ0n) is 14.0. The third-order valence-corrected chi connectivity index (χ3v) is 3.42. The van der Waals surface area contributed by atoms with E-state index >= 15 is 0 Å². The first-order valence-corrected chi connectivity index (χ1v) is 7.76. The number of aryl methyl sites for hydroxylation is 1. The maximum atomic E-state index is 12.8. The summed E-state index contributed by atoms with van der Waals surface area (Å²) in [6.07, 6.45) is 1.45. The molecule has 0 atom stereocenters. The molecule has 2 rings (SSSR count). The van der Waals surface area contributed by atoms with Gasteiger partial charge in [0.2, 0.25) is 0 Å². The maximum Gasteiger partial charge on any atom is 0.277 e. The number of rotatable bonds is 6. The highest BCUT2D eigenvalue weighted by Crippen LogP contribution is 2.27. The average molecular weight is 328 g/mol. The summed E-state index contributed by atoms with van der Waals surface area (Å²) in [7, 11) is 0. The average Bonchev–Trinajstić information content (AvgIpc) is 2.54. The zero-order valence-corrected chi connectivity index (χ0v) is 14.0. The fourth-order valence-electron chi connectivity index (χ4n) is 2.15. The minimum absolute atomic E-state index is 0.121. The quantitative estimate of drug-likeness (QED) is 0.648. The van der Waals surface area contributed by atoms with Crippen LogP contribution in [-0.4, -0.2) is 18.7 Å². The lowest BCUT2D eigenvalue weighted by atomic mass is 10.0. The lowest BCUT2D eigenvalue weighted by molar-refractivity contribution is -0.123. The van der Waals surface area contributed by atoms with Crippen molar-refractivity contribution in [3.63, 3.8) is 0 Å². The summed E-state index contributed by atoms with van der Waals surface area (Å²) < 4.78 is 18.4. The number of halogens is 1. The Balaban J connectivity index is 1.89. The molecule has 1 amide bonds. The number of carbonyl (C=O) groups excluding carboxylic acids is 1. The van der Waals surface area contributed by atoms with E-state index < -0.39 is 0 Å². The molecule has 0 aliphatic carbocycles. The Morgan fingerprint density at radius 2 is 1.96 bits per heavy atom. The van der Waals surface area contributed by atoms with Gasteiger partial charge in [-0.1, -0.05) is 38.1 Å². The molecule has 0 radical (unpaired) electrons. The van der Waals surface area contributed by atoms with E-state index in [0.717, 1.165) is 11.1 Å². The number of carbonyl (C=O) groups is 1. The molecule has 0 aromatic heterocycles.